The first kappa shape index (κ1) is 21.6. The number of rotatable bonds is 7. The second kappa shape index (κ2) is 10.1. The van der Waals surface area contributed by atoms with Gasteiger partial charge in [-0.2, -0.15) is 5.10 Å². The first-order chi connectivity index (χ1) is 15.0. The summed E-state index contributed by atoms with van der Waals surface area (Å²) < 4.78 is 12.6. The van der Waals surface area contributed by atoms with Gasteiger partial charge in [0.05, 0.1) is 25.1 Å². The molecule has 3 aromatic rings. The van der Waals surface area contributed by atoms with E-state index in [1.54, 1.807) is 41.4 Å². The highest BCUT2D eigenvalue weighted by Crippen LogP contribution is 2.28. The number of hydrogen-bond acceptors (Lipinski definition) is 5. The molecular formula is C23H24N4O4. The lowest BCUT2D eigenvalue weighted by molar-refractivity contribution is -0.117. The number of carbonyl (C=O) groups excluding carboxylic acids is 2. The number of benzene rings is 2. The third-order valence-electron chi connectivity index (χ3n) is 4.14. The zero-order valence-corrected chi connectivity index (χ0v) is 17.5. The zero-order chi connectivity index (χ0) is 22.2. The Morgan fingerprint density at radius 1 is 1.06 bits per heavy atom. The maximum Gasteiger partial charge on any atom is 0.269 e. The van der Waals surface area contributed by atoms with E-state index in [0.717, 1.165) is 11.3 Å². The molecule has 1 aromatic heterocycles. The molecule has 31 heavy (non-hydrogen) atoms. The van der Waals surface area contributed by atoms with Gasteiger partial charge in [0.15, 0.2) is 11.5 Å². The number of amides is 2. The number of aromatic nitrogens is 2. The van der Waals surface area contributed by atoms with Crippen molar-refractivity contribution in [3.8, 4) is 17.2 Å². The normalized spacial score (nSPS) is 10.8. The third-order valence-corrected chi connectivity index (χ3v) is 4.14. The minimum absolute atomic E-state index is 0.0283. The van der Waals surface area contributed by atoms with Crippen LogP contribution in [0, 0.1) is 0 Å². The van der Waals surface area contributed by atoms with E-state index in [4.69, 9.17) is 9.47 Å². The Morgan fingerprint density at radius 3 is 2.55 bits per heavy atom. The summed E-state index contributed by atoms with van der Waals surface area (Å²) in [6, 6.07) is 14.4. The summed E-state index contributed by atoms with van der Waals surface area (Å²) in [6.07, 6.45) is 6.33. The number of nitrogens with zero attached hydrogens (tertiary/aromatic N) is 2. The summed E-state index contributed by atoms with van der Waals surface area (Å²) in [5.74, 6) is 0.0145. The van der Waals surface area contributed by atoms with Crippen molar-refractivity contribution >= 4 is 17.9 Å². The van der Waals surface area contributed by atoms with Gasteiger partial charge in [-0.3, -0.25) is 20.4 Å². The van der Waals surface area contributed by atoms with Gasteiger partial charge in [0, 0.05) is 23.4 Å². The Hall–Kier alpha value is -4.07. The van der Waals surface area contributed by atoms with Crippen molar-refractivity contribution in [2.45, 2.75) is 20.0 Å². The van der Waals surface area contributed by atoms with Crippen LogP contribution in [0.25, 0.3) is 11.8 Å². The number of para-hydroxylation sites is 1. The quantitative estimate of drug-likeness (QED) is 0.452. The van der Waals surface area contributed by atoms with Crippen LogP contribution in [-0.4, -0.2) is 34.8 Å². The van der Waals surface area contributed by atoms with Crippen LogP contribution in [0.2, 0.25) is 0 Å². The van der Waals surface area contributed by atoms with Gasteiger partial charge in [0.1, 0.15) is 0 Å². The van der Waals surface area contributed by atoms with Crippen LogP contribution >= 0.6 is 0 Å². The molecule has 8 nitrogen and oxygen atoms in total. The number of carbonyl (C=O) groups is 2. The molecule has 1 heterocycles. The van der Waals surface area contributed by atoms with Crippen molar-refractivity contribution in [1.82, 2.24) is 20.6 Å². The van der Waals surface area contributed by atoms with E-state index in [1.165, 1.54) is 13.2 Å². The molecule has 0 unspecified atom stereocenters. The maximum atomic E-state index is 12.3. The Labute approximate surface area is 180 Å². The first-order valence-electron chi connectivity index (χ1n) is 9.69. The SMILES string of the molecule is COc1cc(C(=O)NNC(=O)/C=C/c2cnn(-c3ccccc3)c2)ccc1OC(C)C. The molecule has 0 radical (unpaired) electrons. The van der Waals surface area contributed by atoms with Crippen LogP contribution in [0.15, 0.2) is 67.0 Å². The van der Waals surface area contributed by atoms with E-state index in [-0.39, 0.29) is 6.10 Å². The van der Waals surface area contributed by atoms with E-state index in [2.05, 4.69) is 16.0 Å². The Bertz CT molecular complexity index is 1070. The average Bonchev–Trinajstić information content (AvgIpc) is 3.25. The van der Waals surface area contributed by atoms with Gasteiger partial charge in [-0.25, -0.2) is 4.68 Å². The van der Waals surface area contributed by atoms with Gasteiger partial charge in [-0.05, 0) is 50.3 Å². The van der Waals surface area contributed by atoms with Crippen molar-refractivity contribution in [2.24, 2.45) is 0 Å². The molecule has 160 valence electrons. The highest BCUT2D eigenvalue weighted by Gasteiger charge is 2.12. The molecule has 2 aromatic carbocycles. The van der Waals surface area contributed by atoms with Crippen LogP contribution in [0.5, 0.6) is 11.5 Å². The molecule has 0 saturated heterocycles. The molecule has 0 fully saturated rings. The van der Waals surface area contributed by atoms with Gasteiger partial charge in [-0.15, -0.1) is 0 Å². The van der Waals surface area contributed by atoms with Gasteiger partial charge < -0.3 is 9.47 Å². The van der Waals surface area contributed by atoms with E-state index < -0.39 is 11.8 Å². The highest BCUT2D eigenvalue weighted by molar-refractivity contribution is 5.98. The maximum absolute atomic E-state index is 12.3. The summed E-state index contributed by atoms with van der Waals surface area (Å²) in [5.41, 5.74) is 6.70. The molecule has 0 saturated carbocycles. The third kappa shape index (κ3) is 5.96. The fraction of sp³-hybridized carbons (Fsp3) is 0.174. The van der Waals surface area contributed by atoms with Crippen LogP contribution in [0.3, 0.4) is 0 Å². The van der Waals surface area contributed by atoms with Crippen LogP contribution in [-0.2, 0) is 4.79 Å². The molecule has 0 atom stereocenters. The zero-order valence-electron chi connectivity index (χ0n) is 17.5. The number of hydrazine groups is 1. The van der Waals surface area contributed by atoms with Crippen molar-refractivity contribution in [3.63, 3.8) is 0 Å². The summed E-state index contributed by atoms with van der Waals surface area (Å²) in [5, 5.41) is 4.26. The summed E-state index contributed by atoms with van der Waals surface area (Å²) in [6.45, 7) is 3.80. The van der Waals surface area contributed by atoms with Crippen LogP contribution in [0.4, 0.5) is 0 Å². The smallest absolute Gasteiger partial charge is 0.269 e. The van der Waals surface area contributed by atoms with Gasteiger partial charge in [-0.1, -0.05) is 18.2 Å². The first-order valence-corrected chi connectivity index (χ1v) is 9.69. The lowest BCUT2D eigenvalue weighted by Gasteiger charge is -2.14. The van der Waals surface area contributed by atoms with Crippen molar-refractivity contribution in [2.75, 3.05) is 7.11 Å². The molecule has 0 aliphatic carbocycles. The van der Waals surface area contributed by atoms with E-state index in [1.807, 2.05) is 44.2 Å². The second-order valence-corrected chi connectivity index (χ2v) is 6.86. The molecule has 3 rings (SSSR count). The van der Waals surface area contributed by atoms with E-state index >= 15 is 0 Å². The Kier molecular flexibility index (Phi) is 7.05. The van der Waals surface area contributed by atoms with Crippen LogP contribution < -0.4 is 20.3 Å². The lowest BCUT2D eigenvalue weighted by Crippen LogP contribution is -2.40. The van der Waals surface area contributed by atoms with Crippen molar-refractivity contribution in [1.29, 1.82) is 0 Å². The Morgan fingerprint density at radius 2 is 1.84 bits per heavy atom. The predicted molar refractivity (Wildman–Crippen MR) is 117 cm³/mol. The number of hydrogen-bond donors (Lipinski definition) is 2. The average molecular weight is 420 g/mol. The highest BCUT2D eigenvalue weighted by atomic mass is 16.5. The topological polar surface area (TPSA) is 94.5 Å². The summed E-state index contributed by atoms with van der Waals surface area (Å²) in [4.78, 5) is 24.4. The number of ether oxygens (including phenoxy) is 2. The molecule has 0 aliphatic heterocycles. The monoisotopic (exact) mass is 420 g/mol. The summed E-state index contributed by atoms with van der Waals surface area (Å²) in [7, 11) is 1.50. The number of nitrogens with one attached hydrogen (secondary N) is 2. The van der Waals surface area contributed by atoms with Crippen LogP contribution in [0.1, 0.15) is 29.8 Å². The number of methoxy groups -OCH3 is 1. The fourth-order valence-corrected chi connectivity index (χ4v) is 2.71. The minimum atomic E-state index is -0.479. The molecule has 2 N–H and O–H groups in total. The molecule has 2 amide bonds. The summed E-state index contributed by atoms with van der Waals surface area (Å²) >= 11 is 0. The van der Waals surface area contributed by atoms with Gasteiger partial charge >= 0.3 is 0 Å². The lowest BCUT2D eigenvalue weighted by atomic mass is 10.2. The van der Waals surface area contributed by atoms with Crippen molar-refractivity contribution < 1.29 is 19.1 Å². The van der Waals surface area contributed by atoms with Gasteiger partial charge in [0.2, 0.25) is 0 Å². The molecule has 8 heteroatoms. The predicted octanol–water partition coefficient (Wildman–Crippen LogP) is 3.14. The molecule has 0 bridgehead atoms. The molecular weight excluding hydrogens is 396 g/mol. The fourth-order valence-electron chi connectivity index (χ4n) is 2.71. The van der Waals surface area contributed by atoms with Gasteiger partial charge in [0.25, 0.3) is 11.8 Å². The van der Waals surface area contributed by atoms with Crippen molar-refractivity contribution in [3.05, 3.63) is 78.1 Å². The van der Waals surface area contributed by atoms with E-state index in [0.29, 0.717) is 17.1 Å². The Balaban J connectivity index is 1.56. The largest absolute Gasteiger partial charge is 0.493 e. The molecule has 0 aliphatic rings. The molecule has 0 spiro atoms. The second-order valence-electron chi connectivity index (χ2n) is 6.86. The van der Waals surface area contributed by atoms with E-state index in [9.17, 15) is 9.59 Å². The minimum Gasteiger partial charge on any atom is -0.493 e. The standard InChI is InChI=1S/C23H24N4O4/c1-16(2)31-20-11-10-18(13-21(20)30-3)23(29)26-25-22(28)12-9-17-14-24-27(15-17)19-7-5-4-6-8-19/h4-16H,1-3H3,(H,25,28)(H,26,29)/b12-9+.